The van der Waals surface area contributed by atoms with Crippen molar-refractivity contribution in [3.8, 4) is 5.75 Å². The van der Waals surface area contributed by atoms with Crippen LogP contribution in [0.1, 0.15) is 37.2 Å². The topological polar surface area (TPSA) is 50.2 Å². The van der Waals surface area contributed by atoms with Crippen LogP contribution in [0.2, 0.25) is 0 Å². The first-order valence-electron chi connectivity index (χ1n) is 10.8. The number of rotatable bonds is 5. The van der Waals surface area contributed by atoms with Crippen molar-refractivity contribution in [3.05, 3.63) is 53.9 Å². The van der Waals surface area contributed by atoms with Crippen LogP contribution >= 0.6 is 11.8 Å². The van der Waals surface area contributed by atoms with E-state index in [-0.39, 0.29) is 12.1 Å². The Morgan fingerprint density at radius 2 is 2.07 bits per heavy atom. The standard InChI is InChI=1S/C23H28N4O2S/c1-3-29-20-14-17(7-8-19(20)26-10-12-28-13-11-26)22-21(18-6-4-5-9-24-18)25-23-27(22)15-16(2)30-23/h4-9,14,16,21-22H,3,10-13,15H2,1-2H3/t16-,21+,22+/m0/s1. The summed E-state index contributed by atoms with van der Waals surface area (Å²) in [4.78, 5) is 14.5. The first-order valence-corrected chi connectivity index (χ1v) is 11.6. The van der Waals surface area contributed by atoms with Crippen LogP contribution in [0.15, 0.2) is 47.6 Å². The smallest absolute Gasteiger partial charge is 0.160 e. The van der Waals surface area contributed by atoms with Crippen molar-refractivity contribution in [1.82, 2.24) is 9.88 Å². The highest BCUT2D eigenvalue weighted by Gasteiger charge is 2.43. The fourth-order valence-electron chi connectivity index (χ4n) is 4.53. The molecule has 0 radical (unpaired) electrons. The predicted octanol–water partition coefficient (Wildman–Crippen LogP) is 3.91. The van der Waals surface area contributed by atoms with Gasteiger partial charge in [0.05, 0.1) is 37.2 Å². The first-order chi connectivity index (χ1) is 14.7. The summed E-state index contributed by atoms with van der Waals surface area (Å²) >= 11 is 1.87. The van der Waals surface area contributed by atoms with Crippen LogP contribution in [-0.4, -0.2) is 59.8 Å². The molecule has 3 aliphatic rings. The number of amidine groups is 1. The quantitative estimate of drug-likeness (QED) is 0.726. The van der Waals surface area contributed by atoms with Crippen molar-refractivity contribution in [2.75, 3.05) is 44.4 Å². The molecule has 6 nitrogen and oxygen atoms in total. The molecule has 1 aromatic heterocycles. The largest absolute Gasteiger partial charge is 0.492 e. The number of thioether (sulfide) groups is 1. The molecule has 2 saturated heterocycles. The molecule has 3 atom stereocenters. The number of morpholine rings is 1. The van der Waals surface area contributed by atoms with Gasteiger partial charge in [-0.1, -0.05) is 30.8 Å². The van der Waals surface area contributed by atoms with Gasteiger partial charge < -0.3 is 19.3 Å². The second-order valence-electron chi connectivity index (χ2n) is 7.90. The van der Waals surface area contributed by atoms with Gasteiger partial charge in [-0.3, -0.25) is 9.98 Å². The van der Waals surface area contributed by atoms with E-state index in [9.17, 15) is 0 Å². The van der Waals surface area contributed by atoms with Crippen LogP contribution in [0.25, 0.3) is 0 Å². The average molecular weight is 425 g/mol. The van der Waals surface area contributed by atoms with Gasteiger partial charge in [-0.15, -0.1) is 0 Å². The van der Waals surface area contributed by atoms with Crippen molar-refractivity contribution < 1.29 is 9.47 Å². The van der Waals surface area contributed by atoms with Crippen LogP contribution in [0, 0.1) is 0 Å². The number of benzene rings is 1. The van der Waals surface area contributed by atoms with E-state index in [1.807, 2.05) is 37.0 Å². The highest BCUT2D eigenvalue weighted by molar-refractivity contribution is 8.14. The van der Waals surface area contributed by atoms with Crippen LogP contribution in [-0.2, 0) is 4.74 Å². The fourth-order valence-corrected chi connectivity index (χ4v) is 5.62. The van der Waals surface area contributed by atoms with Crippen molar-refractivity contribution in [1.29, 1.82) is 0 Å². The minimum absolute atomic E-state index is 0.00455. The Kier molecular flexibility index (Phi) is 5.56. The molecule has 3 aliphatic heterocycles. The van der Waals surface area contributed by atoms with Gasteiger partial charge in [0.25, 0.3) is 0 Å². The lowest BCUT2D eigenvalue weighted by Gasteiger charge is -2.32. The summed E-state index contributed by atoms with van der Waals surface area (Å²) in [5.74, 6) is 0.949. The summed E-state index contributed by atoms with van der Waals surface area (Å²) < 4.78 is 11.6. The van der Waals surface area contributed by atoms with Crippen LogP contribution in [0.4, 0.5) is 5.69 Å². The highest BCUT2D eigenvalue weighted by Crippen LogP contribution is 2.48. The van der Waals surface area contributed by atoms with E-state index in [4.69, 9.17) is 14.5 Å². The van der Waals surface area contributed by atoms with Gasteiger partial charge in [0.15, 0.2) is 5.17 Å². The number of hydrogen-bond acceptors (Lipinski definition) is 7. The number of ether oxygens (including phenoxy) is 2. The maximum Gasteiger partial charge on any atom is 0.160 e. The zero-order valence-electron chi connectivity index (χ0n) is 17.5. The molecular formula is C23H28N4O2S. The van der Waals surface area contributed by atoms with Gasteiger partial charge in [0, 0.05) is 31.1 Å². The average Bonchev–Trinajstić information content (AvgIpc) is 3.31. The Hall–Kier alpha value is -2.25. The number of pyridine rings is 1. The monoisotopic (exact) mass is 424 g/mol. The summed E-state index contributed by atoms with van der Waals surface area (Å²) in [5.41, 5.74) is 3.41. The van der Waals surface area contributed by atoms with Crippen molar-refractivity contribution in [3.63, 3.8) is 0 Å². The van der Waals surface area contributed by atoms with E-state index < -0.39 is 0 Å². The van der Waals surface area contributed by atoms with Crippen molar-refractivity contribution >= 4 is 22.6 Å². The lowest BCUT2D eigenvalue weighted by molar-refractivity contribution is 0.122. The number of fused-ring (bicyclic) bond motifs is 1. The predicted molar refractivity (Wildman–Crippen MR) is 122 cm³/mol. The summed E-state index contributed by atoms with van der Waals surface area (Å²) in [5, 5.41) is 1.69. The molecule has 4 heterocycles. The molecule has 0 amide bonds. The van der Waals surface area contributed by atoms with Crippen molar-refractivity contribution in [2.24, 2.45) is 4.99 Å². The molecule has 0 aliphatic carbocycles. The van der Waals surface area contributed by atoms with Gasteiger partial charge in [0.2, 0.25) is 0 Å². The van der Waals surface area contributed by atoms with Gasteiger partial charge in [0.1, 0.15) is 11.8 Å². The van der Waals surface area contributed by atoms with Gasteiger partial charge in [-0.2, -0.15) is 0 Å². The Morgan fingerprint density at radius 3 is 2.83 bits per heavy atom. The van der Waals surface area contributed by atoms with E-state index in [1.54, 1.807) is 0 Å². The summed E-state index contributed by atoms with van der Waals surface area (Å²) in [6.45, 7) is 9.28. The molecule has 0 unspecified atom stereocenters. The van der Waals surface area contributed by atoms with E-state index in [0.29, 0.717) is 11.9 Å². The maximum atomic E-state index is 6.10. The van der Waals surface area contributed by atoms with Crippen LogP contribution in [0.5, 0.6) is 5.75 Å². The summed E-state index contributed by atoms with van der Waals surface area (Å²) in [6.07, 6.45) is 1.86. The Balaban J connectivity index is 1.52. The van der Waals surface area contributed by atoms with E-state index in [2.05, 4.69) is 46.0 Å². The third kappa shape index (κ3) is 3.65. The second-order valence-corrected chi connectivity index (χ2v) is 9.30. The third-order valence-electron chi connectivity index (χ3n) is 5.86. The number of hydrogen-bond donors (Lipinski definition) is 0. The third-order valence-corrected chi connectivity index (χ3v) is 6.96. The second kappa shape index (κ2) is 8.47. The molecule has 0 saturated carbocycles. The lowest BCUT2D eigenvalue weighted by atomic mass is 9.95. The minimum Gasteiger partial charge on any atom is -0.492 e. The molecule has 7 heteroatoms. The normalized spacial score (nSPS) is 25.9. The number of anilines is 1. The van der Waals surface area contributed by atoms with E-state index in [0.717, 1.165) is 55.1 Å². The molecule has 30 heavy (non-hydrogen) atoms. The molecular weight excluding hydrogens is 396 g/mol. The van der Waals surface area contributed by atoms with Crippen molar-refractivity contribution in [2.45, 2.75) is 31.2 Å². The van der Waals surface area contributed by atoms with E-state index in [1.165, 1.54) is 5.56 Å². The maximum absolute atomic E-state index is 6.10. The van der Waals surface area contributed by atoms with Crippen LogP contribution < -0.4 is 9.64 Å². The number of aliphatic imine (C=N–C) groups is 1. The molecule has 0 bridgehead atoms. The fraction of sp³-hybridized carbons (Fsp3) is 0.478. The van der Waals surface area contributed by atoms with Gasteiger partial charge in [-0.25, -0.2) is 0 Å². The molecule has 1 aromatic carbocycles. The van der Waals surface area contributed by atoms with E-state index >= 15 is 0 Å². The zero-order valence-corrected chi connectivity index (χ0v) is 18.3. The number of aromatic nitrogens is 1. The minimum atomic E-state index is 0.00455. The van der Waals surface area contributed by atoms with Crippen LogP contribution in [0.3, 0.4) is 0 Å². The molecule has 2 aromatic rings. The zero-order chi connectivity index (χ0) is 20.5. The Bertz CT molecular complexity index is 917. The summed E-state index contributed by atoms with van der Waals surface area (Å²) in [6, 6.07) is 12.9. The molecule has 2 fully saturated rings. The SMILES string of the molecule is CCOc1cc([C@@H]2[C@@H](c3ccccn3)N=C3S[C@@H](C)CN32)ccc1N1CCOCC1. The Labute approximate surface area is 182 Å². The highest BCUT2D eigenvalue weighted by atomic mass is 32.2. The lowest BCUT2D eigenvalue weighted by Crippen LogP contribution is -2.36. The molecule has 158 valence electrons. The molecule has 0 spiro atoms. The number of nitrogens with zero attached hydrogens (tertiary/aromatic N) is 4. The molecule has 0 N–H and O–H groups in total. The van der Waals surface area contributed by atoms with Gasteiger partial charge >= 0.3 is 0 Å². The first kappa shape index (κ1) is 19.7. The molecule has 5 rings (SSSR count). The Morgan fingerprint density at radius 1 is 1.20 bits per heavy atom. The van der Waals surface area contributed by atoms with Gasteiger partial charge in [-0.05, 0) is 36.8 Å². The summed E-state index contributed by atoms with van der Waals surface area (Å²) in [7, 11) is 0.